The van der Waals surface area contributed by atoms with Crippen LogP contribution in [-0.4, -0.2) is 17.7 Å². The quantitative estimate of drug-likeness (QED) is 0.869. The highest BCUT2D eigenvalue weighted by atomic mass is 19.1. The molecule has 4 rings (SSSR count). The minimum atomic E-state index is -0.219. The minimum absolute atomic E-state index is 0.0607. The molecule has 1 aromatic carbocycles. The summed E-state index contributed by atoms with van der Waals surface area (Å²) >= 11 is 0. The summed E-state index contributed by atoms with van der Waals surface area (Å²) in [5.41, 5.74) is 2.18. The number of fused-ring (bicyclic) bond motifs is 4. The van der Waals surface area contributed by atoms with Crippen LogP contribution in [0.4, 0.5) is 4.39 Å². The van der Waals surface area contributed by atoms with Gasteiger partial charge in [0.15, 0.2) is 0 Å². The lowest BCUT2D eigenvalue weighted by molar-refractivity contribution is 0.207. The van der Waals surface area contributed by atoms with Crippen molar-refractivity contribution in [1.29, 1.82) is 0 Å². The van der Waals surface area contributed by atoms with E-state index >= 15 is 0 Å². The number of nitrogens with zero attached hydrogens (tertiary/aromatic N) is 1. The molecule has 2 aliphatic heterocycles. The normalized spacial score (nSPS) is 27.2. The second kappa shape index (κ2) is 4.53. The van der Waals surface area contributed by atoms with Crippen molar-refractivity contribution in [3.05, 3.63) is 69.9 Å². The van der Waals surface area contributed by atoms with Crippen LogP contribution in [0.1, 0.15) is 23.6 Å². The van der Waals surface area contributed by atoms with Crippen LogP contribution < -0.4 is 10.9 Å². The Hall–Kier alpha value is -1.94. The van der Waals surface area contributed by atoms with Gasteiger partial charge in [0.1, 0.15) is 5.82 Å². The summed E-state index contributed by atoms with van der Waals surface area (Å²) in [6.07, 6.45) is 1.01. The van der Waals surface area contributed by atoms with Crippen LogP contribution in [0.5, 0.6) is 0 Å². The fraction of sp³-hybridized carbons (Fsp3) is 0.353. The maximum atomic E-state index is 13.2. The predicted octanol–water partition coefficient (Wildman–Crippen LogP) is 2.02. The molecule has 3 heterocycles. The van der Waals surface area contributed by atoms with Gasteiger partial charge in [0.2, 0.25) is 0 Å². The lowest BCUT2D eigenvalue weighted by Gasteiger charge is -2.47. The fourth-order valence-electron chi connectivity index (χ4n) is 3.91. The second-order valence-corrected chi connectivity index (χ2v) is 6.19. The molecule has 2 bridgehead atoms. The molecule has 4 heteroatoms. The summed E-state index contributed by atoms with van der Waals surface area (Å²) in [6.45, 7) is 2.39. The summed E-state index contributed by atoms with van der Waals surface area (Å²) in [5.74, 6) is 0.121. The van der Waals surface area contributed by atoms with Gasteiger partial charge in [0.05, 0.1) is 0 Å². The number of benzene rings is 1. The first-order valence-corrected chi connectivity index (χ1v) is 7.34. The number of hydrogen-bond donors (Lipinski definition) is 1. The zero-order valence-electron chi connectivity index (χ0n) is 11.7. The summed E-state index contributed by atoms with van der Waals surface area (Å²) in [4.78, 5) is 12.2. The van der Waals surface area contributed by atoms with Gasteiger partial charge < -0.3 is 9.88 Å². The molecule has 1 fully saturated rings. The molecule has 2 aromatic rings. The van der Waals surface area contributed by atoms with Gasteiger partial charge >= 0.3 is 0 Å². The van der Waals surface area contributed by atoms with Crippen molar-refractivity contribution in [1.82, 2.24) is 9.88 Å². The molecule has 1 aromatic heterocycles. The smallest absolute Gasteiger partial charge is 0.250 e. The van der Waals surface area contributed by atoms with Crippen LogP contribution in [0.25, 0.3) is 0 Å². The molecular weight excluding hydrogens is 267 g/mol. The number of hydrogen-bond acceptors (Lipinski definition) is 2. The molecule has 0 radical (unpaired) electrons. The van der Waals surface area contributed by atoms with Gasteiger partial charge in [-0.2, -0.15) is 0 Å². The monoisotopic (exact) mass is 284 g/mol. The first kappa shape index (κ1) is 12.8. The van der Waals surface area contributed by atoms with Gasteiger partial charge in [-0.05, 0) is 30.2 Å². The number of nitrogens with one attached hydrogen (secondary N) is 1. The topological polar surface area (TPSA) is 34.0 Å². The third kappa shape index (κ3) is 1.94. The van der Waals surface area contributed by atoms with Crippen molar-refractivity contribution >= 4 is 0 Å². The van der Waals surface area contributed by atoms with Crippen molar-refractivity contribution in [2.45, 2.75) is 24.3 Å². The maximum absolute atomic E-state index is 13.2. The van der Waals surface area contributed by atoms with Crippen LogP contribution in [0.3, 0.4) is 0 Å². The van der Waals surface area contributed by atoms with E-state index < -0.39 is 0 Å². The van der Waals surface area contributed by atoms with E-state index in [2.05, 4.69) is 5.32 Å². The predicted molar refractivity (Wildman–Crippen MR) is 79.0 cm³/mol. The van der Waals surface area contributed by atoms with E-state index in [0.29, 0.717) is 12.5 Å². The summed E-state index contributed by atoms with van der Waals surface area (Å²) in [7, 11) is 0. The second-order valence-electron chi connectivity index (χ2n) is 6.19. The molecule has 1 N–H and O–H groups in total. The first-order valence-electron chi connectivity index (χ1n) is 7.34. The van der Waals surface area contributed by atoms with Crippen LogP contribution in [-0.2, 0) is 12.0 Å². The van der Waals surface area contributed by atoms with Gasteiger partial charge in [-0.15, -0.1) is 0 Å². The molecule has 3 nitrogen and oxygen atoms in total. The molecule has 108 valence electrons. The molecule has 0 spiro atoms. The van der Waals surface area contributed by atoms with Crippen molar-refractivity contribution in [2.75, 3.05) is 13.1 Å². The Morgan fingerprint density at radius 3 is 2.81 bits per heavy atom. The lowest BCUT2D eigenvalue weighted by Crippen LogP contribution is -2.54. The molecule has 0 unspecified atom stereocenters. The Bertz CT molecular complexity index is 737. The van der Waals surface area contributed by atoms with E-state index in [0.717, 1.165) is 30.8 Å². The third-order valence-corrected chi connectivity index (χ3v) is 4.91. The highest BCUT2D eigenvalue weighted by Crippen LogP contribution is 2.42. The molecule has 0 saturated carbocycles. The van der Waals surface area contributed by atoms with Crippen molar-refractivity contribution in [2.24, 2.45) is 0 Å². The molecule has 0 aliphatic carbocycles. The van der Waals surface area contributed by atoms with E-state index in [9.17, 15) is 9.18 Å². The van der Waals surface area contributed by atoms with Crippen LogP contribution >= 0.6 is 0 Å². The van der Waals surface area contributed by atoms with E-state index in [1.165, 1.54) is 12.1 Å². The Balaban J connectivity index is 1.86. The molecule has 2 aliphatic rings. The van der Waals surface area contributed by atoms with Gasteiger partial charge in [-0.25, -0.2) is 4.39 Å². The largest absolute Gasteiger partial charge is 0.315 e. The summed E-state index contributed by atoms with van der Waals surface area (Å²) in [6, 6.07) is 12.3. The Labute approximate surface area is 122 Å². The standard InChI is InChI=1S/C17H17FN2O/c18-14-6-4-13(5-7-14)17-8-12(9-19-10-17)15-2-1-3-16(21)20(15)11-17/h1-7,12,19H,8-11H2/t12-,17-/m1/s1. The fourth-order valence-corrected chi connectivity index (χ4v) is 3.91. The van der Waals surface area contributed by atoms with Crippen molar-refractivity contribution in [3.63, 3.8) is 0 Å². The Morgan fingerprint density at radius 2 is 2.00 bits per heavy atom. The minimum Gasteiger partial charge on any atom is -0.315 e. The Morgan fingerprint density at radius 1 is 1.19 bits per heavy atom. The highest BCUT2D eigenvalue weighted by Gasteiger charge is 2.43. The SMILES string of the molecule is O=c1cccc2n1C[C@]1(c3ccc(F)cc3)CNC[C@H]2C1. The first-order chi connectivity index (χ1) is 10.2. The molecular formula is C17H17FN2O. The summed E-state index contributed by atoms with van der Waals surface area (Å²) in [5, 5.41) is 3.49. The molecule has 0 amide bonds. The average Bonchev–Trinajstić information content (AvgIpc) is 2.49. The number of pyridine rings is 1. The third-order valence-electron chi connectivity index (χ3n) is 4.91. The van der Waals surface area contributed by atoms with E-state index in [1.54, 1.807) is 6.07 Å². The van der Waals surface area contributed by atoms with Gasteiger partial charge in [-0.1, -0.05) is 18.2 Å². The number of piperidine rings is 1. The molecule has 2 atom stereocenters. The highest BCUT2D eigenvalue weighted by molar-refractivity contribution is 5.32. The number of aromatic nitrogens is 1. The number of halogens is 1. The zero-order chi connectivity index (χ0) is 14.4. The van der Waals surface area contributed by atoms with Gasteiger partial charge in [0, 0.05) is 42.7 Å². The van der Waals surface area contributed by atoms with Gasteiger partial charge in [-0.3, -0.25) is 4.79 Å². The molecule has 21 heavy (non-hydrogen) atoms. The van der Waals surface area contributed by atoms with Crippen LogP contribution in [0.2, 0.25) is 0 Å². The zero-order valence-corrected chi connectivity index (χ0v) is 11.7. The van der Waals surface area contributed by atoms with E-state index in [-0.39, 0.29) is 16.8 Å². The maximum Gasteiger partial charge on any atom is 0.250 e. The van der Waals surface area contributed by atoms with Crippen LogP contribution in [0.15, 0.2) is 47.3 Å². The van der Waals surface area contributed by atoms with Crippen molar-refractivity contribution in [3.8, 4) is 0 Å². The summed E-state index contributed by atoms with van der Waals surface area (Å²) < 4.78 is 15.1. The van der Waals surface area contributed by atoms with Crippen molar-refractivity contribution < 1.29 is 4.39 Å². The molecule has 1 saturated heterocycles. The van der Waals surface area contributed by atoms with Crippen LogP contribution in [0, 0.1) is 5.82 Å². The Kier molecular flexibility index (Phi) is 2.76. The van der Waals surface area contributed by atoms with E-state index in [1.807, 2.05) is 28.8 Å². The van der Waals surface area contributed by atoms with Gasteiger partial charge in [0.25, 0.3) is 5.56 Å². The van der Waals surface area contributed by atoms with E-state index in [4.69, 9.17) is 0 Å². The lowest BCUT2D eigenvalue weighted by atomic mass is 9.68. The average molecular weight is 284 g/mol. The number of rotatable bonds is 1.